The molecule has 0 bridgehead atoms. The number of aryl methyl sites for hydroxylation is 1. The largest absolute Gasteiger partial charge is 0.327 e. The van der Waals surface area contributed by atoms with Gasteiger partial charge < -0.3 is 9.88 Å². The van der Waals surface area contributed by atoms with Gasteiger partial charge in [-0.3, -0.25) is 4.98 Å². The van der Waals surface area contributed by atoms with Crippen molar-refractivity contribution in [3.8, 4) is 0 Å². The lowest BCUT2D eigenvalue weighted by molar-refractivity contribution is 0.645. The Kier molecular flexibility index (Phi) is 4.49. The van der Waals surface area contributed by atoms with Crippen LogP contribution in [0.25, 0.3) is 0 Å². The maximum atomic E-state index is 4.38. The third-order valence-corrected chi connectivity index (χ3v) is 3.23. The van der Waals surface area contributed by atoms with Crippen LogP contribution >= 0.6 is 15.9 Å². The molecule has 0 radical (unpaired) electrons. The molecule has 0 aliphatic rings. The SMILES string of the molecule is CCNCc1cnc(C)n1Cc1cncc(Br)c1. The quantitative estimate of drug-likeness (QED) is 0.923. The number of hydrogen-bond acceptors (Lipinski definition) is 3. The summed E-state index contributed by atoms with van der Waals surface area (Å²) in [5.41, 5.74) is 2.37. The molecule has 0 atom stereocenters. The normalized spacial score (nSPS) is 10.8. The van der Waals surface area contributed by atoms with E-state index in [9.17, 15) is 0 Å². The minimum atomic E-state index is 0.805. The molecule has 1 N–H and O–H groups in total. The van der Waals surface area contributed by atoms with E-state index in [1.165, 1.54) is 11.3 Å². The summed E-state index contributed by atoms with van der Waals surface area (Å²) < 4.78 is 3.22. The van der Waals surface area contributed by atoms with Gasteiger partial charge in [0.1, 0.15) is 5.82 Å². The Balaban J connectivity index is 2.20. The van der Waals surface area contributed by atoms with Crippen LogP contribution in [0, 0.1) is 6.92 Å². The summed E-state index contributed by atoms with van der Waals surface area (Å²) in [6.07, 6.45) is 5.62. The molecule has 5 heteroatoms. The lowest BCUT2D eigenvalue weighted by atomic mass is 10.3. The summed E-state index contributed by atoms with van der Waals surface area (Å²) in [7, 11) is 0. The van der Waals surface area contributed by atoms with Crippen molar-refractivity contribution in [2.75, 3.05) is 6.54 Å². The highest BCUT2D eigenvalue weighted by atomic mass is 79.9. The van der Waals surface area contributed by atoms with Crippen LogP contribution in [0.15, 0.2) is 29.1 Å². The first-order chi connectivity index (χ1) is 8.70. The van der Waals surface area contributed by atoms with E-state index < -0.39 is 0 Å². The van der Waals surface area contributed by atoms with Crippen LogP contribution in [0.5, 0.6) is 0 Å². The van der Waals surface area contributed by atoms with Gasteiger partial charge in [0, 0.05) is 29.6 Å². The van der Waals surface area contributed by atoms with Crippen LogP contribution in [0.2, 0.25) is 0 Å². The van der Waals surface area contributed by atoms with E-state index in [0.717, 1.165) is 29.9 Å². The van der Waals surface area contributed by atoms with Crippen molar-refractivity contribution >= 4 is 15.9 Å². The lowest BCUT2D eigenvalue weighted by Crippen LogP contribution is -2.16. The molecule has 0 unspecified atom stereocenters. The second-order valence-electron chi connectivity index (χ2n) is 4.17. The topological polar surface area (TPSA) is 42.7 Å². The van der Waals surface area contributed by atoms with Crippen molar-refractivity contribution in [3.63, 3.8) is 0 Å². The molecule has 2 rings (SSSR count). The molecular weight excluding hydrogens is 292 g/mol. The smallest absolute Gasteiger partial charge is 0.106 e. The summed E-state index contributed by atoms with van der Waals surface area (Å²) in [5.74, 6) is 1.03. The number of halogens is 1. The Morgan fingerprint density at radius 1 is 1.33 bits per heavy atom. The van der Waals surface area contributed by atoms with E-state index in [1.54, 1.807) is 6.20 Å². The van der Waals surface area contributed by atoms with E-state index in [2.05, 4.69) is 48.8 Å². The molecule has 0 amide bonds. The maximum Gasteiger partial charge on any atom is 0.106 e. The summed E-state index contributed by atoms with van der Waals surface area (Å²) in [5, 5.41) is 3.33. The second kappa shape index (κ2) is 6.11. The van der Waals surface area contributed by atoms with E-state index in [4.69, 9.17) is 0 Å². The monoisotopic (exact) mass is 308 g/mol. The van der Waals surface area contributed by atoms with E-state index in [-0.39, 0.29) is 0 Å². The average Bonchev–Trinajstić information content (AvgIpc) is 2.69. The van der Waals surface area contributed by atoms with E-state index in [1.807, 2.05) is 19.3 Å². The Bertz CT molecular complexity index is 521. The summed E-state index contributed by atoms with van der Waals surface area (Å²) in [6.45, 7) is 6.74. The van der Waals surface area contributed by atoms with Gasteiger partial charge in [-0.1, -0.05) is 6.92 Å². The van der Waals surface area contributed by atoms with Crippen molar-refractivity contribution in [1.29, 1.82) is 0 Å². The molecule has 0 fully saturated rings. The van der Waals surface area contributed by atoms with Crippen molar-refractivity contribution < 1.29 is 0 Å². The molecule has 4 nitrogen and oxygen atoms in total. The van der Waals surface area contributed by atoms with Crippen LogP contribution < -0.4 is 5.32 Å². The molecule has 0 spiro atoms. The molecule has 2 aromatic heterocycles. The third-order valence-electron chi connectivity index (χ3n) is 2.80. The van der Waals surface area contributed by atoms with E-state index >= 15 is 0 Å². The van der Waals surface area contributed by atoms with Crippen LogP contribution in [0.3, 0.4) is 0 Å². The second-order valence-corrected chi connectivity index (χ2v) is 5.09. The van der Waals surface area contributed by atoms with Gasteiger partial charge in [0.05, 0.1) is 12.2 Å². The highest BCUT2D eigenvalue weighted by Gasteiger charge is 2.07. The number of nitrogens with one attached hydrogen (secondary N) is 1. The number of aromatic nitrogens is 3. The predicted molar refractivity (Wildman–Crippen MR) is 75.4 cm³/mol. The third kappa shape index (κ3) is 3.17. The molecular formula is C13H17BrN4. The van der Waals surface area contributed by atoms with Gasteiger partial charge >= 0.3 is 0 Å². The van der Waals surface area contributed by atoms with Crippen molar-refractivity contribution in [3.05, 3.63) is 46.2 Å². The predicted octanol–water partition coefficient (Wildman–Crippen LogP) is 2.51. The van der Waals surface area contributed by atoms with Gasteiger partial charge in [-0.15, -0.1) is 0 Å². The van der Waals surface area contributed by atoms with Crippen molar-refractivity contribution in [1.82, 2.24) is 19.9 Å². The van der Waals surface area contributed by atoms with Gasteiger partial charge in [0.25, 0.3) is 0 Å². The zero-order chi connectivity index (χ0) is 13.0. The van der Waals surface area contributed by atoms with Crippen molar-refractivity contribution in [2.24, 2.45) is 0 Å². The first-order valence-electron chi connectivity index (χ1n) is 6.02. The number of pyridine rings is 1. The minimum Gasteiger partial charge on any atom is -0.327 e. The number of nitrogens with zero attached hydrogens (tertiary/aromatic N) is 3. The highest BCUT2D eigenvalue weighted by molar-refractivity contribution is 9.10. The van der Waals surface area contributed by atoms with Crippen molar-refractivity contribution in [2.45, 2.75) is 26.9 Å². The summed E-state index contributed by atoms with van der Waals surface area (Å²) in [6, 6.07) is 2.09. The fraction of sp³-hybridized carbons (Fsp3) is 0.385. The highest BCUT2D eigenvalue weighted by Crippen LogP contribution is 2.13. The zero-order valence-corrected chi connectivity index (χ0v) is 12.2. The first-order valence-corrected chi connectivity index (χ1v) is 6.81. The standard InChI is InChI=1S/C13H17BrN4/c1-3-15-7-13-8-17-10(2)18(13)9-11-4-12(14)6-16-5-11/h4-6,8,15H,3,7,9H2,1-2H3. The molecule has 96 valence electrons. The average molecular weight is 309 g/mol. The summed E-state index contributed by atoms with van der Waals surface area (Å²) in [4.78, 5) is 8.57. The Labute approximate surface area is 116 Å². The molecule has 0 aromatic carbocycles. The fourth-order valence-electron chi connectivity index (χ4n) is 1.85. The number of hydrogen-bond donors (Lipinski definition) is 1. The Morgan fingerprint density at radius 3 is 2.89 bits per heavy atom. The zero-order valence-electron chi connectivity index (χ0n) is 10.7. The Hall–Kier alpha value is -1.20. The lowest BCUT2D eigenvalue weighted by Gasteiger charge is -2.10. The molecule has 0 saturated carbocycles. The van der Waals surface area contributed by atoms with Gasteiger partial charge in [-0.05, 0) is 41.0 Å². The molecule has 0 aliphatic heterocycles. The van der Waals surface area contributed by atoms with Crippen LogP contribution in [-0.2, 0) is 13.1 Å². The molecule has 2 heterocycles. The molecule has 2 aromatic rings. The van der Waals surface area contributed by atoms with Gasteiger partial charge in [0.15, 0.2) is 0 Å². The van der Waals surface area contributed by atoms with Crippen LogP contribution in [0.1, 0.15) is 24.0 Å². The number of imidazole rings is 1. The molecule has 0 aliphatic carbocycles. The van der Waals surface area contributed by atoms with Crippen LogP contribution in [0.4, 0.5) is 0 Å². The first kappa shape index (κ1) is 13.2. The van der Waals surface area contributed by atoms with Gasteiger partial charge in [-0.25, -0.2) is 4.98 Å². The van der Waals surface area contributed by atoms with Crippen LogP contribution in [-0.4, -0.2) is 21.1 Å². The number of rotatable bonds is 5. The van der Waals surface area contributed by atoms with E-state index in [0.29, 0.717) is 0 Å². The minimum absolute atomic E-state index is 0.805. The molecule has 18 heavy (non-hydrogen) atoms. The molecule has 0 saturated heterocycles. The fourth-order valence-corrected chi connectivity index (χ4v) is 2.26. The van der Waals surface area contributed by atoms with Gasteiger partial charge in [-0.2, -0.15) is 0 Å². The Morgan fingerprint density at radius 2 is 2.17 bits per heavy atom. The van der Waals surface area contributed by atoms with Gasteiger partial charge in [0.2, 0.25) is 0 Å². The maximum absolute atomic E-state index is 4.38. The summed E-state index contributed by atoms with van der Waals surface area (Å²) >= 11 is 3.45.